The van der Waals surface area contributed by atoms with Crippen molar-refractivity contribution in [1.29, 1.82) is 0 Å². The van der Waals surface area contributed by atoms with Gasteiger partial charge in [-0.1, -0.05) is 43.9 Å². The van der Waals surface area contributed by atoms with Gasteiger partial charge in [-0.2, -0.15) is 0 Å². The van der Waals surface area contributed by atoms with E-state index in [2.05, 4.69) is 42.3 Å². The van der Waals surface area contributed by atoms with Crippen molar-refractivity contribution in [3.8, 4) is 0 Å². The number of rotatable bonds is 4. The fraction of sp³-hybridized carbons (Fsp3) is 0.647. The van der Waals surface area contributed by atoms with Crippen molar-refractivity contribution in [1.82, 2.24) is 5.32 Å². The Bertz CT molecular complexity index is 379. The molecule has 0 spiro atoms. The Balaban J connectivity index is 2.15. The molecule has 1 fully saturated rings. The Morgan fingerprint density at radius 2 is 1.74 bits per heavy atom. The summed E-state index contributed by atoms with van der Waals surface area (Å²) in [5.74, 6) is 0. The molecule has 0 bridgehead atoms. The Kier molecular flexibility index (Phi) is 5.71. The average Bonchev–Trinajstić information content (AvgIpc) is 2.37. The highest BCUT2D eigenvalue weighted by Gasteiger charge is 2.12. The summed E-state index contributed by atoms with van der Waals surface area (Å²) < 4.78 is 0. The quantitative estimate of drug-likeness (QED) is 0.884. The molecule has 19 heavy (non-hydrogen) atoms. The van der Waals surface area contributed by atoms with Crippen molar-refractivity contribution in [3.63, 3.8) is 0 Å². The van der Waals surface area contributed by atoms with Gasteiger partial charge in [-0.15, -0.1) is 0 Å². The van der Waals surface area contributed by atoms with Gasteiger partial charge in [0.1, 0.15) is 0 Å². The van der Waals surface area contributed by atoms with Crippen molar-refractivity contribution in [2.24, 2.45) is 0 Å². The lowest BCUT2D eigenvalue weighted by Gasteiger charge is -2.29. The summed E-state index contributed by atoms with van der Waals surface area (Å²) >= 11 is 0. The van der Waals surface area contributed by atoms with Crippen molar-refractivity contribution in [2.75, 3.05) is 24.5 Å². The highest BCUT2D eigenvalue weighted by molar-refractivity contribution is 5.55. The summed E-state index contributed by atoms with van der Waals surface area (Å²) in [6, 6.07) is 6.92. The lowest BCUT2D eigenvalue weighted by atomic mass is 10.0. The minimum Gasteiger partial charge on any atom is -0.371 e. The van der Waals surface area contributed by atoms with Crippen molar-refractivity contribution in [3.05, 3.63) is 29.3 Å². The van der Waals surface area contributed by atoms with Gasteiger partial charge in [0.2, 0.25) is 0 Å². The first-order valence-corrected chi connectivity index (χ1v) is 7.86. The van der Waals surface area contributed by atoms with E-state index in [0.717, 1.165) is 13.1 Å². The van der Waals surface area contributed by atoms with Gasteiger partial charge in [0.15, 0.2) is 0 Å². The monoisotopic (exact) mass is 260 g/mol. The van der Waals surface area contributed by atoms with E-state index < -0.39 is 0 Å². The van der Waals surface area contributed by atoms with Gasteiger partial charge in [0.25, 0.3) is 0 Å². The van der Waals surface area contributed by atoms with Crippen LogP contribution in [0.15, 0.2) is 18.2 Å². The van der Waals surface area contributed by atoms with Gasteiger partial charge < -0.3 is 10.2 Å². The first-order chi connectivity index (χ1) is 9.31. The summed E-state index contributed by atoms with van der Waals surface area (Å²) in [4.78, 5) is 2.60. The molecule has 0 aliphatic carbocycles. The van der Waals surface area contributed by atoms with Gasteiger partial charge in [0.05, 0.1) is 0 Å². The van der Waals surface area contributed by atoms with Crippen LogP contribution in [0.25, 0.3) is 0 Å². The summed E-state index contributed by atoms with van der Waals surface area (Å²) in [5, 5.41) is 3.47. The lowest BCUT2D eigenvalue weighted by Crippen LogP contribution is -2.28. The zero-order chi connectivity index (χ0) is 13.5. The first kappa shape index (κ1) is 14.4. The number of anilines is 1. The zero-order valence-corrected chi connectivity index (χ0v) is 12.5. The molecule has 0 saturated carbocycles. The fourth-order valence-electron chi connectivity index (χ4n) is 2.91. The standard InChI is InChI=1S/C17H28N2/c1-3-18-14-16-13-15(2)9-10-17(16)19-11-7-5-4-6-8-12-19/h9-10,13,18H,3-8,11-12,14H2,1-2H3. The molecule has 0 atom stereocenters. The number of benzene rings is 1. The first-order valence-electron chi connectivity index (χ1n) is 7.86. The van der Waals surface area contributed by atoms with Crippen LogP contribution in [0.3, 0.4) is 0 Å². The molecule has 1 saturated heterocycles. The number of hydrogen-bond acceptors (Lipinski definition) is 2. The molecular formula is C17H28N2. The molecule has 1 heterocycles. The highest BCUT2D eigenvalue weighted by atomic mass is 15.1. The third-order valence-electron chi connectivity index (χ3n) is 4.00. The molecule has 0 radical (unpaired) electrons. The van der Waals surface area contributed by atoms with Crippen LogP contribution in [-0.2, 0) is 6.54 Å². The van der Waals surface area contributed by atoms with E-state index in [9.17, 15) is 0 Å². The van der Waals surface area contributed by atoms with E-state index in [1.807, 2.05) is 0 Å². The number of nitrogens with zero attached hydrogens (tertiary/aromatic N) is 1. The average molecular weight is 260 g/mol. The van der Waals surface area contributed by atoms with E-state index in [-0.39, 0.29) is 0 Å². The minimum atomic E-state index is 0.990. The zero-order valence-electron chi connectivity index (χ0n) is 12.5. The molecule has 2 nitrogen and oxygen atoms in total. The molecule has 1 N–H and O–H groups in total. The van der Waals surface area contributed by atoms with Crippen molar-refractivity contribution >= 4 is 5.69 Å². The van der Waals surface area contributed by atoms with E-state index in [1.54, 1.807) is 0 Å². The van der Waals surface area contributed by atoms with Gasteiger partial charge in [-0.05, 0) is 37.9 Å². The maximum Gasteiger partial charge on any atom is 0.0412 e. The third-order valence-corrected chi connectivity index (χ3v) is 4.00. The molecule has 1 aromatic carbocycles. The van der Waals surface area contributed by atoms with Gasteiger partial charge in [-0.3, -0.25) is 0 Å². The molecule has 2 rings (SSSR count). The molecule has 106 valence electrons. The summed E-state index contributed by atoms with van der Waals surface area (Å²) in [7, 11) is 0. The van der Waals surface area contributed by atoms with Crippen molar-refractivity contribution in [2.45, 2.75) is 52.5 Å². The lowest BCUT2D eigenvalue weighted by molar-refractivity contribution is 0.555. The summed E-state index contributed by atoms with van der Waals surface area (Å²) in [5.41, 5.74) is 4.28. The van der Waals surface area contributed by atoms with Crippen LogP contribution in [0.1, 0.15) is 50.2 Å². The molecule has 2 heteroatoms. The Morgan fingerprint density at radius 3 is 2.42 bits per heavy atom. The molecule has 1 aliphatic heterocycles. The van der Waals surface area contributed by atoms with E-state index in [1.165, 1.54) is 62.0 Å². The highest BCUT2D eigenvalue weighted by Crippen LogP contribution is 2.24. The smallest absolute Gasteiger partial charge is 0.0412 e. The molecule has 0 aromatic heterocycles. The van der Waals surface area contributed by atoms with Gasteiger partial charge >= 0.3 is 0 Å². The Hall–Kier alpha value is -1.02. The predicted molar refractivity (Wildman–Crippen MR) is 83.9 cm³/mol. The topological polar surface area (TPSA) is 15.3 Å². The number of aryl methyl sites for hydroxylation is 1. The van der Waals surface area contributed by atoms with Crippen LogP contribution < -0.4 is 10.2 Å². The van der Waals surface area contributed by atoms with E-state index >= 15 is 0 Å². The third kappa shape index (κ3) is 4.24. The van der Waals surface area contributed by atoms with Crippen LogP contribution in [0.5, 0.6) is 0 Å². The Labute approximate surface area is 118 Å². The fourth-order valence-corrected chi connectivity index (χ4v) is 2.91. The van der Waals surface area contributed by atoms with E-state index in [4.69, 9.17) is 0 Å². The van der Waals surface area contributed by atoms with Crippen LogP contribution >= 0.6 is 0 Å². The maximum atomic E-state index is 3.47. The van der Waals surface area contributed by atoms with Gasteiger partial charge in [-0.25, -0.2) is 0 Å². The second kappa shape index (κ2) is 7.54. The largest absolute Gasteiger partial charge is 0.371 e. The summed E-state index contributed by atoms with van der Waals surface area (Å²) in [6.07, 6.45) is 6.89. The van der Waals surface area contributed by atoms with Crippen LogP contribution in [-0.4, -0.2) is 19.6 Å². The second-order valence-electron chi connectivity index (χ2n) is 5.67. The van der Waals surface area contributed by atoms with Crippen LogP contribution in [0, 0.1) is 6.92 Å². The van der Waals surface area contributed by atoms with E-state index in [0.29, 0.717) is 0 Å². The normalized spacial score (nSPS) is 17.1. The maximum absolute atomic E-state index is 3.47. The van der Waals surface area contributed by atoms with Crippen LogP contribution in [0.2, 0.25) is 0 Å². The molecule has 1 aliphatic rings. The Morgan fingerprint density at radius 1 is 1.05 bits per heavy atom. The molecule has 0 unspecified atom stereocenters. The molecule has 0 amide bonds. The SMILES string of the molecule is CCNCc1cc(C)ccc1N1CCCCCCC1. The second-order valence-corrected chi connectivity index (χ2v) is 5.67. The molecular weight excluding hydrogens is 232 g/mol. The predicted octanol–water partition coefficient (Wildman–Crippen LogP) is 3.88. The number of nitrogens with one attached hydrogen (secondary N) is 1. The van der Waals surface area contributed by atoms with Crippen LogP contribution in [0.4, 0.5) is 5.69 Å². The minimum absolute atomic E-state index is 0.990. The summed E-state index contributed by atoms with van der Waals surface area (Å²) in [6.45, 7) is 8.83. The molecule has 1 aromatic rings. The van der Waals surface area contributed by atoms with Crippen molar-refractivity contribution < 1.29 is 0 Å². The van der Waals surface area contributed by atoms with Gasteiger partial charge in [0, 0.05) is 25.3 Å². The number of hydrogen-bond donors (Lipinski definition) is 1.